The van der Waals surface area contributed by atoms with Crippen LogP contribution in [0.3, 0.4) is 0 Å². The number of rotatable bonds is 5. The van der Waals surface area contributed by atoms with Crippen molar-refractivity contribution in [1.82, 2.24) is 10.3 Å². The number of carbonyl (C=O) groups is 2. The van der Waals surface area contributed by atoms with Crippen molar-refractivity contribution >= 4 is 40.0 Å². The molecular weight excluding hydrogens is 306 g/mol. The SMILES string of the molecule is CSc1sc(NC(=O)CNC(=O)c2ccccc2)nc1C. The summed E-state index contributed by atoms with van der Waals surface area (Å²) in [6.45, 7) is 1.82. The minimum atomic E-state index is -0.291. The topological polar surface area (TPSA) is 71.1 Å². The zero-order valence-corrected chi connectivity index (χ0v) is 13.3. The zero-order valence-electron chi connectivity index (χ0n) is 11.7. The number of nitrogens with zero attached hydrogens (tertiary/aromatic N) is 1. The van der Waals surface area contributed by atoms with E-state index in [2.05, 4.69) is 15.6 Å². The van der Waals surface area contributed by atoms with E-state index >= 15 is 0 Å². The summed E-state index contributed by atoms with van der Waals surface area (Å²) >= 11 is 3.02. The second-order valence-corrected chi connectivity index (χ2v) is 6.27. The van der Waals surface area contributed by atoms with Gasteiger partial charge in [0.05, 0.1) is 16.4 Å². The first-order valence-corrected chi connectivity index (χ1v) is 8.29. The number of thiazole rings is 1. The molecule has 0 saturated carbocycles. The molecule has 0 aliphatic carbocycles. The summed E-state index contributed by atoms with van der Waals surface area (Å²) in [5.41, 5.74) is 1.43. The molecule has 2 amide bonds. The molecule has 0 saturated heterocycles. The Labute approximate surface area is 131 Å². The molecule has 0 fully saturated rings. The van der Waals surface area contributed by atoms with Gasteiger partial charge in [0.2, 0.25) is 5.91 Å². The van der Waals surface area contributed by atoms with Crippen LogP contribution in [-0.2, 0) is 4.79 Å². The monoisotopic (exact) mass is 321 g/mol. The molecule has 0 aliphatic heterocycles. The van der Waals surface area contributed by atoms with Gasteiger partial charge in [-0.2, -0.15) is 0 Å². The molecule has 2 aromatic rings. The van der Waals surface area contributed by atoms with Gasteiger partial charge >= 0.3 is 0 Å². The van der Waals surface area contributed by atoms with E-state index in [4.69, 9.17) is 0 Å². The van der Waals surface area contributed by atoms with Crippen LogP contribution in [0, 0.1) is 6.92 Å². The molecule has 1 aromatic heterocycles. The third-order valence-corrected chi connectivity index (χ3v) is 4.91. The number of anilines is 1. The smallest absolute Gasteiger partial charge is 0.251 e. The average molecular weight is 321 g/mol. The normalized spacial score (nSPS) is 10.2. The fourth-order valence-electron chi connectivity index (χ4n) is 1.64. The van der Waals surface area contributed by atoms with Crippen molar-refractivity contribution in [1.29, 1.82) is 0 Å². The second kappa shape index (κ2) is 7.24. The Bertz CT molecular complexity index is 641. The molecule has 0 unspecified atom stereocenters. The van der Waals surface area contributed by atoms with Crippen LogP contribution in [0.15, 0.2) is 34.5 Å². The largest absolute Gasteiger partial charge is 0.343 e. The highest BCUT2D eigenvalue weighted by Gasteiger charge is 2.11. The van der Waals surface area contributed by atoms with E-state index in [-0.39, 0.29) is 18.4 Å². The van der Waals surface area contributed by atoms with Crippen molar-refractivity contribution in [3.8, 4) is 0 Å². The van der Waals surface area contributed by atoms with Crippen molar-refractivity contribution < 1.29 is 9.59 Å². The molecule has 1 aromatic carbocycles. The van der Waals surface area contributed by atoms with Gasteiger partial charge in [0.25, 0.3) is 5.91 Å². The van der Waals surface area contributed by atoms with E-state index in [1.807, 2.05) is 19.2 Å². The van der Waals surface area contributed by atoms with Gasteiger partial charge in [0.1, 0.15) is 0 Å². The molecule has 7 heteroatoms. The van der Waals surface area contributed by atoms with E-state index in [1.54, 1.807) is 36.0 Å². The maximum absolute atomic E-state index is 11.8. The lowest BCUT2D eigenvalue weighted by Crippen LogP contribution is -2.32. The third-order valence-electron chi connectivity index (χ3n) is 2.63. The van der Waals surface area contributed by atoms with Gasteiger partial charge in [-0.1, -0.05) is 29.5 Å². The molecule has 0 radical (unpaired) electrons. The minimum Gasteiger partial charge on any atom is -0.343 e. The Morgan fingerprint density at radius 1 is 1.29 bits per heavy atom. The summed E-state index contributed by atoms with van der Waals surface area (Å²) < 4.78 is 1.07. The van der Waals surface area contributed by atoms with Gasteiger partial charge in [-0.3, -0.25) is 9.59 Å². The molecule has 2 N–H and O–H groups in total. The van der Waals surface area contributed by atoms with Crippen molar-refractivity contribution in [2.24, 2.45) is 0 Å². The van der Waals surface area contributed by atoms with Gasteiger partial charge in [-0.15, -0.1) is 11.8 Å². The number of benzene rings is 1. The standard InChI is InChI=1S/C14H15N3O2S2/c1-9-13(20-2)21-14(16-9)17-11(18)8-15-12(19)10-6-4-3-5-7-10/h3-7H,8H2,1-2H3,(H,15,19)(H,16,17,18). The predicted octanol–water partition coefficient (Wildman–Crippen LogP) is 2.54. The van der Waals surface area contributed by atoms with Crippen LogP contribution in [0.5, 0.6) is 0 Å². The first kappa shape index (κ1) is 15.5. The fraction of sp³-hybridized carbons (Fsp3) is 0.214. The van der Waals surface area contributed by atoms with Crippen LogP contribution in [0.1, 0.15) is 16.1 Å². The van der Waals surface area contributed by atoms with Crippen molar-refractivity contribution in [3.63, 3.8) is 0 Å². The van der Waals surface area contributed by atoms with Crippen molar-refractivity contribution in [3.05, 3.63) is 41.6 Å². The van der Waals surface area contributed by atoms with Crippen LogP contribution in [0.25, 0.3) is 0 Å². The molecule has 0 atom stereocenters. The molecule has 5 nitrogen and oxygen atoms in total. The molecule has 0 aliphatic rings. The third kappa shape index (κ3) is 4.30. The number of aromatic nitrogens is 1. The van der Waals surface area contributed by atoms with E-state index in [0.29, 0.717) is 10.7 Å². The maximum atomic E-state index is 11.8. The molecule has 21 heavy (non-hydrogen) atoms. The fourth-order valence-corrected chi connectivity index (χ4v) is 3.27. The zero-order chi connectivity index (χ0) is 15.2. The maximum Gasteiger partial charge on any atom is 0.251 e. The van der Waals surface area contributed by atoms with Gasteiger partial charge in [0, 0.05) is 5.56 Å². The molecule has 110 valence electrons. The van der Waals surface area contributed by atoms with E-state index in [9.17, 15) is 9.59 Å². The predicted molar refractivity (Wildman–Crippen MR) is 86.0 cm³/mol. The van der Waals surface area contributed by atoms with Crippen molar-refractivity contribution in [2.75, 3.05) is 18.1 Å². The van der Waals surface area contributed by atoms with Gasteiger partial charge in [0.15, 0.2) is 5.13 Å². The van der Waals surface area contributed by atoms with E-state index in [0.717, 1.165) is 9.90 Å². The number of amides is 2. The molecule has 0 bridgehead atoms. The van der Waals surface area contributed by atoms with Gasteiger partial charge < -0.3 is 10.6 Å². The Hall–Kier alpha value is -1.86. The van der Waals surface area contributed by atoms with Crippen LogP contribution >= 0.6 is 23.1 Å². The number of nitrogens with one attached hydrogen (secondary N) is 2. The summed E-state index contributed by atoms with van der Waals surface area (Å²) in [4.78, 5) is 27.8. The van der Waals surface area contributed by atoms with Crippen LogP contribution in [0.2, 0.25) is 0 Å². The number of thioether (sulfide) groups is 1. The van der Waals surface area contributed by atoms with Gasteiger partial charge in [-0.25, -0.2) is 4.98 Å². The highest BCUT2D eigenvalue weighted by Crippen LogP contribution is 2.30. The van der Waals surface area contributed by atoms with Crippen LogP contribution in [0.4, 0.5) is 5.13 Å². The van der Waals surface area contributed by atoms with Gasteiger partial charge in [-0.05, 0) is 25.3 Å². The number of hydrogen-bond acceptors (Lipinski definition) is 5. The van der Waals surface area contributed by atoms with Crippen LogP contribution in [-0.4, -0.2) is 29.6 Å². The second-order valence-electron chi connectivity index (χ2n) is 4.19. The number of hydrogen-bond donors (Lipinski definition) is 2. The first-order valence-electron chi connectivity index (χ1n) is 6.24. The Morgan fingerprint density at radius 2 is 2.00 bits per heavy atom. The average Bonchev–Trinajstić information content (AvgIpc) is 2.85. The summed E-state index contributed by atoms with van der Waals surface area (Å²) in [7, 11) is 0. The quantitative estimate of drug-likeness (QED) is 0.830. The molecule has 1 heterocycles. The Morgan fingerprint density at radius 3 is 2.62 bits per heavy atom. The lowest BCUT2D eigenvalue weighted by atomic mass is 10.2. The first-order chi connectivity index (χ1) is 10.1. The van der Waals surface area contributed by atoms with Crippen LogP contribution < -0.4 is 10.6 Å². The summed E-state index contributed by atoms with van der Waals surface area (Å²) in [6, 6.07) is 8.77. The van der Waals surface area contributed by atoms with E-state index in [1.165, 1.54) is 11.3 Å². The highest BCUT2D eigenvalue weighted by atomic mass is 32.2. The molecule has 2 rings (SSSR count). The lowest BCUT2D eigenvalue weighted by Gasteiger charge is -2.04. The summed E-state index contributed by atoms with van der Waals surface area (Å²) in [5, 5.41) is 5.81. The van der Waals surface area contributed by atoms with Crippen molar-refractivity contribution in [2.45, 2.75) is 11.1 Å². The summed E-state index contributed by atoms with van der Waals surface area (Å²) in [6.07, 6.45) is 1.96. The number of carbonyl (C=O) groups excluding carboxylic acids is 2. The summed E-state index contributed by atoms with van der Waals surface area (Å²) in [5.74, 6) is -0.563. The lowest BCUT2D eigenvalue weighted by molar-refractivity contribution is -0.115. The minimum absolute atomic E-state index is 0.0824. The molecular formula is C14H15N3O2S2. The Balaban J connectivity index is 1.86. The molecule has 0 spiro atoms. The van der Waals surface area contributed by atoms with E-state index < -0.39 is 0 Å². The number of aryl methyl sites for hydroxylation is 1. The Kier molecular flexibility index (Phi) is 5.35. The highest BCUT2D eigenvalue weighted by molar-refractivity contribution is 8.00.